The van der Waals surface area contributed by atoms with E-state index in [-0.39, 0.29) is 5.76 Å². The van der Waals surface area contributed by atoms with Crippen LogP contribution in [0.1, 0.15) is 43.4 Å². The van der Waals surface area contributed by atoms with E-state index in [2.05, 4.69) is 47.4 Å². The Balaban J connectivity index is 1.12. The standard InChI is InChI=1S/C30H32N2O3/c1-21(31)18-27(33)30-20-26-28(8-4-9-29(26)35-30)34-17-5-14-32-15-12-23(13-16-32)25-11-10-22-6-2-3-7-24(22)19-25/h2-4,6-11,18-20,23,31,33H,5,12-17H2,1H3/p+1/b27-18-,31-21?. The van der Waals surface area contributed by atoms with Gasteiger partial charge in [-0.25, -0.2) is 0 Å². The predicted octanol–water partition coefficient (Wildman–Crippen LogP) is 6.34. The molecule has 1 aliphatic heterocycles. The molecule has 0 unspecified atom stereocenters. The third kappa shape index (κ3) is 5.41. The second-order valence-electron chi connectivity index (χ2n) is 9.44. The van der Waals surface area contributed by atoms with Crippen molar-refractivity contribution < 1.29 is 14.3 Å². The molecule has 4 aromatic rings. The van der Waals surface area contributed by atoms with Gasteiger partial charge in [0.25, 0.3) is 5.76 Å². The van der Waals surface area contributed by atoms with Crippen LogP contribution in [0.25, 0.3) is 27.5 Å². The van der Waals surface area contributed by atoms with E-state index in [0.717, 1.165) is 37.2 Å². The Morgan fingerprint density at radius 2 is 1.86 bits per heavy atom. The van der Waals surface area contributed by atoms with Gasteiger partial charge < -0.3 is 24.6 Å². The molecule has 35 heavy (non-hydrogen) atoms. The van der Waals surface area contributed by atoms with Gasteiger partial charge in [-0.3, -0.25) is 0 Å². The maximum atomic E-state index is 8.11. The van der Waals surface area contributed by atoms with Crippen LogP contribution in [-0.4, -0.2) is 42.0 Å². The summed E-state index contributed by atoms with van der Waals surface area (Å²) in [6, 6.07) is 23.1. The van der Waals surface area contributed by atoms with Gasteiger partial charge in [0, 0.05) is 18.3 Å². The van der Waals surface area contributed by atoms with Gasteiger partial charge in [-0.05, 0) is 73.7 Å². The first-order valence-corrected chi connectivity index (χ1v) is 12.4. The summed E-state index contributed by atoms with van der Waals surface area (Å²) in [5.41, 5.74) is 2.50. The lowest BCUT2D eigenvalue weighted by molar-refractivity contribution is 0.193. The van der Waals surface area contributed by atoms with Crippen molar-refractivity contribution in [2.75, 3.05) is 26.2 Å². The van der Waals surface area contributed by atoms with Crippen molar-refractivity contribution >= 4 is 33.2 Å². The Kier molecular flexibility index (Phi) is 6.87. The summed E-state index contributed by atoms with van der Waals surface area (Å²) < 4.78 is 11.9. The Labute approximate surface area is 206 Å². The third-order valence-electron chi connectivity index (χ3n) is 6.86. The van der Waals surface area contributed by atoms with Crippen LogP contribution in [-0.2, 0) is 0 Å². The lowest BCUT2D eigenvalue weighted by Crippen LogP contribution is -2.34. The molecule has 1 saturated heterocycles. The summed E-state index contributed by atoms with van der Waals surface area (Å²) >= 11 is 0. The van der Waals surface area contributed by atoms with Crippen LogP contribution in [0.5, 0.6) is 5.75 Å². The van der Waals surface area contributed by atoms with Crippen molar-refractivity contribution in [2.24, 2.45) is 0 Å². The number of hydrogen-bond acceptors (Lipinski definition) is 4. The van der Waals surface area contributed by atoms with Crippen molar-refractivity contribution in [3.8, 4) is 5.75 Å². The van der Waals surface area contributed by atoms with E-state index in [1.807, 2.05) is 24.3 Å². The quantitative estimate of drug-likeness (QED) is 0.142. The largest absolute Gasteiger partial charge is 0.591 e. The smallest absolute Gasteiger partial charge is 0.299 e. The first-order chi connectivity index (χ1) is 17.1. The number of fused-ring (bicyclic) bond motifs is 2. The number of benzene rings is 3. The minimum absolute atomic E-state index is 0.201. The van der Waals surface area contributed by atoms with Gasteiger partial charge in [0.2, 0.25) is 5.76 Å². The van der Waals surface area contributed by atoms with Crippen molar-refractivity contribution in [1.29, 1.82) is 5.41 Å². The summed E-state index contributed by atoms with van der Waals surface area (Å²) in [6.07, 6.45) is 4.86. The van der Waals surface area contributed by atoms with Gasteiger partial charge in [-0.1, -0.05) is 48.5 Å². The number of likely N-dealkylation sites (tertiary alicyclic amines) is 1. The fourth-order valence-corrected chi connectivity index (χ4v) is 5.00. The zero-order valence-corrected chi connectivity index (χ0v) is 20.2. The van der Waals surface area contributed by atoms with Crippen molar-refractivity contribution in [3.05, 3.63) is 84.1 Å². The number of furan rings is 1. The van der Waals surface area contributed by atoms with E-state index in [1.165, 1.54) is 35.3 Å². The lowest BCUT2D eigenvalue weighted by Gasteiger charge is -2.32. The van der Waals surface area contributed by atoms with E-state index < -0.39 is 0 Å². The average Bonchev–Trinajstić information content (AvgIpc) is 3.32. The van der Waals surface area contributed by atoms with Crippen LogP contribution in [0.2, 0.25) is 0 Å². The molecule has 5 heteroatoms. The monoisotopic (exact) mass is 469 g/mol. The summed E-state index contributed by atoms with van der Waals surface area (Å²) in [6.45, 7) is 5.59. The Hall–Kier alpha value is -3.57. The minimum Gasteiger partial charge on any atom is -0.591 e. The summed E-state index contributed by atoms with van der Waals surface area (Å²) in [5, 5.41) is 19.2. The molecule has 5 rings (SSSR count). The molecule has 0 atom stereocenters. The van der Waals surface area contributed by atoms with Gasteiger partial charge in [-0.2, -0.15) is 0 Å². The van der Waals surface area contributed by atoms with Crippen LogP contribution in [0.4, 0.5) is 0 Å². The fraction of sp³-hybridized carbons (Fsp3) is 0.300. The summed E-state index contributed by atoms with van der Waals surface area (Å²) in [5.74, 6) is 2.09. The number of piperidine rings is 1. The van der Waals surface area contributed by atoms with Crippen LogP contribution in [0.15, 0.2) is 77.2 Å². The number of nitrogens with zero attached hydrogens (tertiary/aromatic N) is 1. The van der Waals surface area contributed by atoms with E-state index >= 15 is 0 Å². The highest BCUT2D eigenvalue weighted by Gasteiger charge is 2.21. The first kappa shape index (κ1) is 23.2. The molecule has 0 amide bonds. The van der Waals surface area contributed by atoms with Gasteiger partial charge in [0.05, 0.1) is 18.1 Å². The average molecular weight is 470 g/mol. The zero-order valence-electron chi connectivity index (χ0n) is 20.2. The van der Waals surface area contributed by atoms with E-state index in [4.69, 9.17) is 19.7 Å². The minimum atomic E-state index is 0.201. The van der Waals surface area contributed by atoms with Crippen molar-refractivity contribution in [3.63, 3.8) is 0 Å². The van der Waals surface area contributed by atoms with Crippen LogP contribution >= 0.6 is 0 Å². The Bertz CT molecular complexity index is 1360. The highest BCUT2D eigenvalue weighted by Crippen LogP contribution is 2.32. The van der Waals surface area contributed by atoms with Crippen LogP contribution < -0.4 is 4.74 Å². The van der Waals surface area contributed by atoms with E-state index in [9.17, 15) is 0 Å². The molecule has 3 N–H and O–H groups in total. The molecule has 0 saturated carbocycles. The molecule has 0 bridgehead atoms. The molecule has 0 spiro atoms. The SMILES string of the molecule is CC(=N)/C=C(\[OH2+])c1cc2c(OCCCN3CCC(c4ccc5ccccc5c4)CC3)cccc2o1. The van der Waals surface area contributed by atoms with Crippen LogP contribution in [0, 0.1) is 5.41 Å². The first-order valence-electron chi connectivity index (χ1n) is 12.4. The molecule has 5 nitrogen and oxygen atoms in total. The number of hydrogen-bond donors (Lipinski definition) is 1. The molecule has 3 aromatic carbocycles. The molecular formula is C30H33N2O3+. The lowest BCUT2D eigenvalue weighted by atomic mass is 9.88. The normalized spacial score (nSPS) is 15.6. The van der Waals surface area contributed by atoms with Crippen molar-refractivity contribution in [1.82, 2.24) is 4.90 Å². The molecule has 0 aliphatic carbocycles. The van der Waals surface area contributed by atoms with Gasteiger partial charge in [0.1, 0.15) is 11.3 Å². The predicted molar refractivity (Wildman–Crippen MR) is 144 cm³/mol. The summed E-state index contributed by atoms with van der Waals surface area (Å²) in [7, 11) is 0. The van der Waals surface area contributed by atoms with E-state index in [1.54, 1.807) is 6.92 Å². The second kappa shape index (κ2) is 10.4. The van der Waals surface area contributed by atoms with Crippen LogP contribution in [0.3, 0.4) is 0 Å². The van der Waals surface area contributed by atoms with Crippen molar-refractivity contribution in [2.45, 2.75) is 32.1 Å². The van der Waals surface area contributed by atoms with Gasteiger partial charge >= 0.3 is 0 Å². The fourth-order valence-electron chi connectivity index (χ4n) is 5.00. The number of ether oxygens (including phenoxy) is 1. The molecule has 1 fully saturated rings. The topological polar surface area (TPSA) is 72.4 Å². The molecular weight excluding hydrogens is 436 g/mol. The maximum absolute atomic E-state index is 8.11. The second-order valence-corrected chi connectivity index (χ2v) is 9.44. The maximum Gasteiger partial charge on any atom is 0.299 e. The molecule has 0 radical (unpaired) electrons. The number of rotatable bonds is 8. The summed E-state index contributed by atoms with van der Waals surface area (Å²) in [4.78, 5) is 2.55. The number of nitrogens with one attached hydrogen (secondary N) is 1. The molecule has 180 valence electrons. The molecule has 2 heterocycles. The van der Waals surface area contributed by atoms with Gasteiger partial charge in [0.15, 0.2) is 0 Å². The van der Waals surface area contributed by atoms with E-state index in [0.29, 0.717) is 29.6 Å². The van der Waals surface area contributed by atoms with Gasteiger partial charge in [-0.15, -0.1) is 0 Å². The third-order valence-corrected chi connectivity index (χ3v) is 6.86. The Morgan fingerprint density at radius 3 is 2.66 bits per heavy atom. The Morgan fingerprint density at radius 1 is 1.06 bits per heavy atom. The zero-order chi connectivity index (χ0) is 24.2. The molecule has 1 aromatic heterocycles. The highest BCUT2D eigenvalue weighted by molar-refractivity contribution is 5.96. The highest BCUT2D eigenvalue weighted by atomic mass is 16.5. The molecule has 1 aliphatic rings. The number of allylic oxidation sites excluding steroid dienone is 1.